The van der Waals surface area contributed by atoms with Gasteiger partial charge in [-0.1, -0.05) is 12.1 Å². The zero-order valence-electron chi connectivity index (χ0n) is 18.9. The summed E-state index contributed by atoms with van der Waals surface area (Å²) < 4.78 is 36.4. The van der Waals surface area contributed by atoms with Crippen LogP contribution < -0.4 is 14.8 Å². The lowest BCUT2D eigenvalue weighted by Crippen LogP contribution is -2.14. The second-order valence-corrected chi connectivity index (χ2v) is 9.99. The summed E-state index contributed by atoms with van der Waals surface area (Å²) in [6.45, 7) is 4.00. The van der Waals surface area contributed by atoms with Gasteiger partial charge in [0.05, 0.1) is 37.1 Å². The van der Waals surface area contributed by atoms with Gasteiger partial charge < -0.3 is 14.8 Å². The average molecular weight is 468 g/mol. The molecule has 3 aromatic rings. The van der Waals surface area contributed by atoms with Crippen LogP contribution >= 0.6 is 0 Å². The molecule has 0 fully saturated rings. The van der Waals surface area contributed by atoms with Crippen molar-refractivity contribution in [2.24, 2.45) is 0 Å². The Labute approximate surface area is 192 Å². The Kier molecular flexibility index (Phi) is 5.99. The molecule has 9 heteroatoms. The number of rotatable bonds is 6. The number of hydrogen-bond acceptors (Lipinski definition) is 6. The van der Waals surface area contributed by atoms with Crippen LogP contribution in [0.15, 0.2) is 42.5 Å². The number of amides is 1. The van der Waals surface area contributed by atoms with Gasteiger partial charge in [0.25, 0.3) is 0 Å². The van der Waals surface area contributed by atoms with E-state index in [-0.39, 0.29) is 11.5 Å². The first-order valence-electron chi connectivity index (χ1n) is 10.3. The highest BCUT2D eigenvalue weighted by atomic mass is 32.2. The van der Waals surface area contributed by atoms with Gasteiger partial charge in [0.1, 0.15) is 5.82 Å². The number of fused-ring (bicyclic) bond motifs is 1. The predicted molar refractivity (Wildman–Crippen MR) is 127 cm³/mol. The number of carbonyl (C=O) groups excluding carboxylic acids is 1. The van der Waals surface area contributed by atoms with E-state index in [0.29, 0.717) is 28.6 Å². The van der Waals surface area contributed by atoms with Crippen LogP contribution in [0.5, 0.6) is 11.5 Å². The van der Waals surface area contributed by atoms with Crippen molar-refractivity contribution in [2.75, 3.05) is 19.5 Å². The van der Waals surface area contributed by atoms with Crippen molar-refractivity contribution < 1.29 is 22.7 Å². The molecule has 1 aliphatic rings. The Morgan fingerprint density at radius 1 is 1.03 bits per heavy atom. The highest BCUT2D eigenvalue weighted by Gasteiger charge is 2.33. The molecule has 0 atom stereocenters. The maximum absolute atomic E-state index is 12.8. The van der Waals surface area contributed by atoms with Gasteiger partial charge in [-0.25, -0.2) is 13.1 Å². The molecule has 0 unspecified atom stereocenters. The zero-order chi connectivity index (χ0) is 23.8. The third kappa shape index (κ3) is 4.63. The van der Waals surface area contributed by atoms with E-state index in [9.17, 15) is 13.2 Å². The fraction of sp³-hybridized carbons (Fsp3) is 0.250. The SMILES string of the molecule is COc1ccc(C=CC(=O)Nc2c3c(nn2-c2ccc(C)c(C)c2)CS(=O)(=O)C3)cc1OC. The standard InChI is InChI=1S/C24H25N3O5S/c1-15-5-8-18(11-16(15)2)27-24(19-13-33(29,30)14-20(19)26-27)25-23(28)10-7-17-6-9-21(31-3)22(12-17)32-4/h5-12H,13-14H2,1-4H3,(H,25,28). The van der Waals surface area contributed by atoms with Crippen LogP contribution in [0.1, 0.15) is 27.9 Å². The van der Waals surface area contributed by atoms with Crippen LogP contribution in [0.25, 0.3) is 11.8 Å². The number of aryl methyl sites for hydroxylation is 2. The molecule has 172 valence electrons. The number of benzene rings is 2. The Balaban J connectivity index is 1.65. The smallest absolute Gasteiger partial charge is 0.249 e. The number of hydrogen-bond donors (Lipinski definition) is 1. The lowest BCUT2D eigenvalue weighted by Gasteiger charge is -2.11. The number of anilines is 1. The van der Waals surface area contributed by atoms with Gasteiger partial charge in [-0.3, -0.25) is 4.79 Å². The normalized spacial score (nSPS) is 14.3. The summed E-state index contributed by atoms with van der Waals surface area (Å²) in [7, 11) is -0.179. The van der Waals surface area contributed by atoms with Crippen LogP contribution in [-0.2, 0) is 26.1 Å². The van der Waals surface area contributed by atoms with Gasteiger partial charge in [-0.15, -0.1) is 0 Å². The Bertz CT molecular complexity index is 1370. The van der Waals surface area contributed by atoms with Crippen LogP contribution in [0.3, 0.4) is 0 Å². The van der Waals surface area contributed by atoms with Gasteiger partial charge in [0, 0.05) is 11.6 Å². The molecule has 1 aliphatic heterocycles. The molecule has 0 saturated heterocycles. The van der Waals surface area contributed by atoms with Crippen LogP contribution in [0, 0.1) is 13.8 Å². The molecule has 1 aromatic heterocycles. The van der Waals surface area contributed by atoms with E-state index >= 15 is 0 Å². The summed E-state index contributed by atoms with van der Waals surface area (Å²) in [5, 5.41) is 7.35. The third-order valence-corrected chi connectivity index (χ3v) is 7.04. The second kappa shape index (κ2) is 8.74. The Morgan fingerprint density at radius 2 is 1.79 bits per heavy atom. The summed E-state index contributed by atoms with van der Waals surface area (Å²) in [6, 6.07) is 11.1. The van der Waals surface area contributed by atoms with Gasteiger partial charge in [-0.05, 0) is 60.9 Å². The molecule has 0 radical (unpaired) electrons. The van der Waals surface area contributed by atoms with E-state index in [1.807, 2.05) is 32.0 Å². The molecule has 2 aromatic carbocycles. The first kappa shape index (κ1) is 22.6. The Morgan fingerprint density at radius 3 is 2.48 bits per heavy atom. The second-order valence-electron chi connectivity index (χ2n) is 7.92. The molecule has 0 spiro atoms. The number of nitrogens with one attached hydrogen (secondary N) is 1. The van der Waals surface area contributed by atoms with E-state index in [0.717, 1.165) is 22.4 Å². The molecule has 1 amide bonds. The number of nitrogens with zero attached hydrogens (tertiary/aromatic N) is 2. The monoisotopic (exact) mass is 467 g/mol. The summed E-state index contributed by atoms with van der Waals surface area (Å²) in [6.07, 6.45) is 3.03. The van der Waals surface area contributed by atoms with E-state index < -0.39 is 15.7 Å². The molecule has 0 saturated carbocycles. The van der Waals surface area contributed by atoms with E-state index in [1.54, 1.807) is 43.2 Å². The fourth-order valence-corrected chi connectivity index (χ4v) is 5.20. The average Bonchev–Trinajstić information content (AvgIpc) is 3.26. The third-order valence-electron chi connectivity index (χ3n) is 5.60. The van der Waals surface area contributed by atoms with Crippen molar-refractivity contribution in [1.82, 2.24) is 9.78 Å². The predicted octanol–water partition coefficient (Wildman–Crippen LogP) is 3.59. The van der Waals surface area contributed by atoms with Gasteiger partial charge >= 0.3 is 0 Å². The Hall–Kier alpha value is -3.59. The van der Waals surface area contributed by atoms with Crippen molar-refractivity contribution in [3.8, 4) is 17.2 Å². The van der Waals surface area contributed by atoms with Crippen molar-refractivity contribution in [1.29, 1.82) is 0 Å². The maximum atomic E-state index is 12.8. The van der Waals surface area contributed by atoms with E-state index in [4.69, 9.17) is 9.47 Å². The van der Waals surface area contributed by atoms with Gasteiger partial charge in [-0.2, -0.15) is 5.10 Å². The largest absolute Gasteiger partial charge is 0.493 e. The van der Waals surface area contributed by atoms with E-state index in [1.165, 1.54) is 6.08 Å². The minimum atomic E-state index is -3.27. The minimum absolute atomic E-state index is 0.134. The maximum Gasteiger partial charge on any atom is 0.249 e. The molecule has 8 nitrogen and oxygen atoms in total. The first-order valence-corrected chi connectivity index (χ1v) is 12.1. The topological polar surface area (TPSA) is 99.5 Å². The van der Waals surface area contributed by atoms with Crippen molar-refractivity contribution in [3.05, 3.63) is 70.4 Å². The molecular formula is C24H25N3O5S. The van der Waals surface area contributed by atoms with Crippen molar-refractivity contribution in [2.45, 2.75) is 25.4 Å². The summed E-state index contributed by atoms with van der Waals surface area (Å²) in [5.41, 5.74) is 4.70. The zero-order valence-corrected chi connectivity index (χ0v) is 19.7. The highest BCUT2D eigenvalue weighted by molar-refractivity contribution is 7.90. The molecule has 1 N–H and O–H groups in total. The van der Waals surface area contributed by atoms with E-state index in [2.05, 4.69) is 10.4 Å². The minimum Gasteiger partial charge on any atom is -0.493 e. The molecule has 4 rings (SSSR count). The molecule has 0 aliphatic carbocycles. The van der Waals surface area contributed by atoms with Crippen LogP contribution in [0.2, 0.25) is 0 Å². The molecule has 0 bridgehead atoms. The lowest BCUT2D eigenvalue weighted by molar-refractivity contribution is -0.111. The van der Waals surface area contributed by atoms with Crippen molar-refractivity contribution in [3.63, 3.8) is 0 Å². The number of methoxy groups -OCH3 is 2. The van der Waals surface area contributed by atoms with Gasteiger partial charge in [0.15, 0.2) is 21.3 Å². The van der Waals surface area contributed by atoms with Crippen molar-refractivity contribution >= 4 is 27.6 Å². The van der Waals surface area contributed by atoms with Crippen LogP contribution in [-0.4, -0.2) is 38.3 Å². The number of ether oxygens (including phenoxy) is 2. The quantitative estimate of drug-likeness (QED) is 0.556. The summed E-state index contributed by atoms with van der Waals surface area (Å²) >= 11 is 0. The summed E-state index contributed by atoms with van der Waals surface area (Å²) in [5.74, 6) is 0.828. The first-order chi connectivity index (χ1) is 15.7. The lowest BCUT2D eigenvalue weighted by atomic mass is 10.1. The molecular weight excluding hydrogens is 442 g/mol. The number of sulfone groups is 1. The summed E-state index contributed by atoms with van der Waals surface area (Å²) in [4.78, 5) is 12.8. The molecule has 33 heavy (non-hydrogen) atoms. The van der Waals surface area contributed by atoms with Gasteiger partial charge in [0.2, 0.25) is 5.91 Å². The van der Waals surface area contributed by atoms with Crippen LogP contribution in [0.4, 0.5) is 5.82 Å². The fourth-order valence-electron chi connectivity index (χ4n) is 3.70. The highest BCUT2D eigenvalue weighted by Crippen LogP contribution is 2.33. The number of aromatic nitrogens is 2. The molecule has 2 heterocycles. The number of carbonyl (C=O) groups is 1.